The van der Waals surface area contributed by atoms with E-state index in [4.69, 9.17) is 20.4 Å². The quantitative estimate of drug-likeness (QED) is 0.164. The standard InChI is InChI=1S/4C6H6O.2C5H6.Ti/c4*7-6-4-2-1-3-5-6;2*1-2-4-5-3-1;/h4*1-5,7H;2*1-4H,5H2;. The number of benzene rings is 4. The molecule has 4 N–H and O–H groups in total. The van der Waals surface area contributed by atoms with Gasteiger partial charge in [0.15, 0.2) is 0 Å². The van der Waals surface area contributed by atoms with Crippen molar-refractivity contribution in [3.63, 3.8) is 0 Å². The normalized spacial score (nSPS) is 10.7. The Morgan fingerprint density at radius 2 is 0.487 bits per heavy atom. The molecule has 6 rings (SSSR count). The number of aromatic hydroxyl groups is 4. The van der Waals surface area contributed by atoms with Crippen LogP contribution >= 0.6 is 0 Å². The third-order valence-electron chi connectivity index (χ3n) is 4.34. The zero-order valence-electron chi connectivity index (χ0n) is 21.9. The monoisotopic (exact) mass is 556 g/mol. The average molecular weight is 557 g/mol. The number of hydrogen-bond acceptors (Lipinski definition) is 4. The van der Waals surface area contributed by atoms with E-state index in [-0.39, 0.29) is 21.7 Å². The average Bonchev–Trinajstić information content (AvgIpc) is 3.72. The van der Waals surface area contributed by atoms with Gasteiger partial charge in [0, 0.05) is 21.7 Å². The SMILES string of the molecule is C1=CCC=C1.C1=CCC=C1.Oc1ccccc1.Oc1ccccc1.Oc1ccccc1.Oc1ccccc1.[Ti]. The minimum atomic E-state index is 0. The molecule has 0 bridgehead atoms. The van der Waals surface area contributed by atoms with Gasteiger partial charge in [0.2, 0.25) is 0 Å². The Morgan fingerprint density at radius 1 is 0.308 bits per heavy atom. The first-order valence-corrected chi connectivity index (χ1v) is 12.2. The molecule has 0 saturated heterocycles. The van der Waals surface area contributed by atoms with E-state index in [9.17, 15) is 0 Å². The minimum absolute atomic E-state index is 0. The van der Waals surface area contributed by atoms with Gasteiger partial charge in [0.05, 0.1) is 0 Å². The first kappa shape index (κ1) is 34.8. The molecule has 200 valence electrons. The first-order chi connectivity index (χ1) is 18.6. The van der Waals surface area contributed by atoms with Crippen molar-refractivity contribution in [1.29, 1.82) is 0 Å². The van der Waals surface area contributed by atoms with Crippen LogP contribution in [0.3, 0.4) is 0 Å². The first-order valence-electron chi connectivity index (χ1n) is 12.2. The zero-order chi connectivity index (χ0) is 27.5. The second-order valence-electron chi connectivity index (χ2n) is 7.53. The summed E-state index contributed by atoms with van der Waals surface area (Å²) in [5.41, 5.74) is 0. The van der Waals surface area contributed by atoms with Gasteiger partial charge in [-0.15, -0.1) is 0 Å². The van der Waals surface area contributed by atoms with Gasteiger partial charge in [-0.25, -0.2) is 0 Å². The predicted molar refractivity (Wildman–Crippen MR) is 158 cm³/mol. The maximum absolute atomic E-state index is 8.63. The van der Waals surface area contributed by atoms with Crippen LogP contribution in [0.25, 0.3) is 0 Å². The number of phenolic OH excluding ortho intramolecular Hbond substituents is 4. The molecular formula is C34H36O4Ti. The Balaban J connectivity index is 0.000000444. The molecule has 4 nitrogen and oxygen atoms in total. The van der Waals surface area contributed by atoms with Crippen molar-refractivity contribution in [1.82, 2.24) is 0 Å². The Labute approximate surface area is 247 Å². The van der Waals surface area contributed by atoms with Gasteiger partial charge in [0.25, 0.3) is 0 Å². The molecule has 2 aliphatic carbocycles. The fourth-order valence-corrected chi connectivity index (χ4v) is 2.50. The Morgan fingerprint density at radius 3 is 0.564 bits per heavy atom. The van der Waals surface area contributed by atoms with Crippen molar-refractivity contribution in [3.05, 3.63) is 170 Å². The van der Waals surface area contributed by atoms with E-state index in [1.54, 1.807) is 97.1 Å². The van der Waals surface area contributed by atoms with E-state index >= 15 is 0 Å². The Bertz CT molecular complexity index is 983. The Kier molecular flexibility index (Phi) is 22.6. The summed E-state index contributed by atoms with van der Waals surface area (Å²) in [5, 5.41) is 34.5. The van der Waals surface area contributed by atoms with Crippen LogP contribution in [0.2, 0.25) is 0 Å². The summed E-state index contributed by atoms with van der Waals surface area (Å²) in [6, 6.07) is 34.9. The molecule has 0 radical (unpaired) electrons. The van der Waals surface area contributed by atoms with E-state index in [0.717, 1.165) is 12.8 Å². The van der Waals surface area contributed by atoms with Crippen LogP contribution in [0.5, 0.6) is 23.0 Å². The molecule has 0 heterocycles. The molecule has 2 aliphatic rings. The maximum Gasteiger partial charge on any atom is 0.115 e. The molecule has 5 heteroatoms. The van der Waals surface area contributed by atoms with Gasteiger partial charge < -0.3 is 20.4 Å². The summed E-state index contributed by atoms with van der Waals surface area (Å²) >= 11 is 0. The van der Waals surface area contributed by atoms with Crippen molar-refractivity contribution >= 4 is 0 Å². The molecule has 4 aromatic rings. The summed E-state index contributed by atoms with van der Waals surface area (Å²) in [4.78, 5) is 0. The number of phenols is 4. The van der Waals surface area contributed by atoms with Crippen molar-refractivity contribution in [3.8, 4) is 23.0 Å². The molecule has 0 unspecified atom stereocenters. The van der Waals surface area contributed by atoms with Crippen LogP contribution in [0.1, 0.15) is 12.8 Å². The third kappa shape index (κ3) is 23.9. The molecule has 39 heavy (non-hydrogen) atoms. The largest absolute Gasteiger partial charge is 0.508 e. The molecular weight excluding hydrogens is 520 g/mol. The molecule has 0 saturated carbocycles. The molecule has 0 spiro atoms. The number of allylic oxidation sites excluding steroid dienone is 8. The molecule has 0 aliphatic heterocycles. The maximum atomic E-state index is 8.63. The van der Waals surface area contributed by atoms with Crippen LogP contribution in [-0.2, 0) is 21.7 Å². The van der Waals surface area contributed by atoms with Gasteiger partial charge in [-0.05, 0) is 61.4 Å². The topological polar surface area (TPSA) is 80.9 Å². The minimum Gasteiger partial charge on any atom is -0.508 e. The van der Waals surface area contributed by atoms with Crippen LogP contribution in [0.15, 0.2) is 170 Å². The van der Waals surface area contributed by atoms with E-state index in [1.165, 1.54) is 0 Å². The summed E-state index contributed by atoms with van der Waals surface area (Å²) in [6.07, 6.45) is 19.0. The molecule has 0 atom stereocenters. The van der Waals surface area contributed by atoms with E-state index in [1.807, 2.05) is 24.3 Å². The summed E-state index contributed by atoms with van der Waals surface area (Å²) < 4.78 is 0. The zero-order valence-corrected chi connectivity index (χ0v) is 23.4. The summed E-state index contributed by atoms with van der Waals surface area (Å²) in [5.74, 6) is 1.29. The van der Waals surface area contributed by atoms with Crippen molar-refractivity contribution in [2.75, 3.05) is 0 Å². The van der Waals surface area contributed by atoms with Crippen molar-refractivity contribution in [2.24, 2.45) is 0 Å². The number of hydrogen-bond donors (Lipinski definition) is 4. The van der Waals surface area contributed by atoms with Gasteiger partial charge in [0.1, 0.15) is 23.0 Å². The third-order valence-corrected chi connectivity index (χ3v) is 4.34. The van der Waals surface area contributed by atoms with Gasteiger partial charge in [-0.1, -0.05) is 121 Å². The van der Waals surface area contributed by atoms with Gasteiger partial charge in [-0.3, -0.25) is 0 Å². The van der Waals surface area contributed by atoms with Crippen molar-refractivity contribution in [2.45, 2.75) is 12.8 Å². The summed E-state index contributed by atoms with van der Waals surface area (Å²) in [6.45, 7) is 0. The fourth-order valence-electron chi connectivity index (χ4n) is 2.50. The predicted octanol–water partition coefficient (Wildman–Crippen LogP) is 8.57. The van der Waals surface area contributed by atoms with Crippen LogP contribution < -0.4 is 0 Å². The van der Waals surface area contributed by atoms with E-state index in [2.05, 4.69) is 48.6 Å². The molecule has 0 amide bonds. The van der Waals surface area contributed by atoms with Gasteiger partial charge >= 0.3 is 0 Å². The van der Waals surface area contributed by atoms with E-state index in [0.29, 0.717) is 23.0 Å². The number of rotatable bonds is 0. The van der Waals surface area contributed by atoms with Crippen molar-refractivity contribution < 1.29 is 42.1 Å². The van der Waals surface area contributed by atoms with Crippen LogP contribution in [0, 0.1) is 0 Å². The molecule has 0 aromatic heterocycles. The van der Waals surface area contributed by atoms with Crippen LogP contribution in [0.4, 0.5) is 0 Å². The van der Waals surface area contributed by atoms with Crippen LogP contribution in [-0.4, -0.2) is 20.4 Å². The second-order valence-corrected chi connectivity index (χ2v) is 7.53. The Hall–Kier alpha value is -4.25. The molecule has 4 aromatic carbocycles. The smallest absolute Gasteiger partial charge is 0.115 e. The van der Waals surface area contributed by atoms with E-state index < -0.39 is 0 Å². The number of para-hydroxylation sites is 4. The fraction of sp³-hybridized carbons (Fsp3) is 0.0588. The second kappa shape index (κ2) is 25.4. The molecule has 0 fully saturated rings. The van der Waals surface area contributed by atoms with Gasteiger partial charge in [-0.2, -0.15) is 0 Å². The summed E-state index contributed by atoms with van der Waals surface area (Å²) in [7, 11) is 0.